The molecule has 0 fully saturated rings. The molecule has 0 aliphatic carbocycles. The molecule has 0 N–H and O–H groups in total. The van der Waals surface area contributed by atoms with Gasteiger partial charge in [0.15, 0.2) is 0 Å². The first-order valence-electron chi connectivity index (χ1n) is 9.39. The van der Waals surface area contributed by atoms with Crippen LogP contribution < -0.4 is 9.04 Å². The zero-order valence-electron chi connectivity index (χ0n) is 16.9. The summed E-state index contributed by atoms with van der Waals surface area (Å²) in [7, 11) is -4.18. The van der Waals surface area contributed by atoms with E-state index >= 15 is 0 Å². The van der Waals surface area contributed by atoms with Gasteiger partial charge in [-0.2, -0.15) is 4.31 Å². The molecule has 0 aliphatic rings. The molecule has 0 bridgehead atoms. The van der Waals surface area contributed by atoms with Gasteiger partial charge in [-0.1, -0.05) is 17.7 Å². The second kappa shape index (κ2) is 8.90. The van der Waals surface area contributed by atoms with E-state index in [0.29, 0.717) is 17.4 Å². The molecule has 0 saturated carbocycles. The summed E-state index contributed by atoms with van der Waals surface area (Å²) in [6.45, 7) is 6.14. The first-order valence-corrected chi connectivity index (χ1v) is 11.2. The highest BCUT2D eigenvalue weighted by Crippen LogP contribution is 2.29. The van der Waals surface area contributed by atoms with Crippen molar-refractivity contribution in [2.45, 2.75) is 25.7 Å². The van der Waals surface area contributed by atoms with E-state index in [1.807, 2.05) is 20.8 Å². The smallest absolute Gasteiger partial charge is 0.272 e. The van der Waals surface area contributed by atoms with Crippen molar-refractivity contribution in [2.75, 3.05) is 10.9 Å². The highest BCUT2D eigenvalue weighted by atomic mass is 35.5. The van der Waals surface area contributed by atoms with Gasteiger partial charge in [-0.15, -0.1) is 0 Å². The first kappa shape index (κ1) is 21.9. The lowest BCUT2D eigenvalue weighted by Crippen LogP contribution is -2.37. The van der Waals surface area contributed by atoms with Crippen molar-refractivity contribution in [3.05, 3.63) is 88.4 Å². The molecule has 0 atom stereocenters. The third kappa shape index (κ3) is 4.50. The van der Waals surface area contributed by atoms with Crippen molar-refractivity contribution in [3.8, 4) is 5.75 Å². The Labute approximate surface area is 181 Å². The summed E-state index contributed by atoms with van der Waals surface area (Å²) in [6.07, 6.45) is 0. The maximum atomic E-state index is 13.5. The van der Waals surface area contributed by atoms with E-state index in [2.05, 4.69) is 0 Å². The van der Waals surface area contributed by atoms with Crippen molar-refractivity contribution in [3.63, 3.8) is 0 Å². The Hall–Kier alpha value is -2.83. The van der Waals surface area contributed by atoms with Gasteiger partial charge < -0.3 is 4.74 Å². The van der Waals surface area contributed by atoms with Crippen molar-refractivity contribution in [2.24, 2.45) is 0 Å². The fourth-order valence-electron chi connectivity index (χ4n) is 2.91. The molecule has 3 rings (SSSR count). The second-order valence-corrected chi connectivity index (χ2v) is 8.98. The lowest BCUT2D eigenvalue weighted by Gasteiger charge is -2.23. The number of ether oxygens (including phenoxy) is 1. The quantitative estimate of drug-likeness (QED) is 0.512. The molecule has 0 aliphatic heterocycles. The van der Waals surface area contributed by atoms with Crippen LogP contribution in [0.3, 0.4) is 0 Å². The van der Waals surface area contributed by atoms with Gasteiger partial charge >= 0.3 is 0 Å². The minimum atomic E-state index is -4.18. The number of sulfonamides is 1. The van der Waals surface area contributed by atoms with Gasteiger partial charge in [0.05, 0.1) is 17.2 Å². The molecule has 5 nitrogen and oxygen atoms in total. The zero-order chi connectivity index (χ0) is 21.9. The number of hydrogen-bond acceptors (Lipinski definition) is 4. The van der Waals surface area contributed by atoms with Crippen LogP contribution in [-0.2, 0) is 10.0 Å². The lowest BCUT2D eigenvalue weighted by molar-refractivity contribution is 0.100. The molecular weight excluding hydrogens is 422 g/mol. The normalized spacial score (nSPS) is 11.2. The number of carbonyl (C=O) groups is 1. The first-order chi connectivity index (χ1) is 14.2. The standard InChI is InChI=1S/C23H22ClNO4S/c1-4-29-21-11-9-20(10-12-21)25(23(26)18-6-5-16(2)17(3)15-18)30(27,28)22-13-7-19(24)8-14-22/h5-15H,4H2,1-3H3. The molecule has 0 unspecified atom stereocenters. The fourth-order valence-corrected chi connectivity index (χ4v) is 4.45. The number of anilines is 1. The molecule has 0 radical (unpaired) electrons. The Kier molecular flexibility index (Phi) is 6.48. The summed E-state index contributed by atoms with van der Waals surface area (Å²) in [5, 5.41) is 0.405. The SMILES string of the molecule is CCOc1ccc(N(C(=O)c2ccc(C)c(C)c2)S(=O)(=O)c2ccc(Cl)cc2)cc1. The van der Waals surface area contributed by atoms with E-state index < -0.39 is 15.9 Å². The topological polar surface area (TPSA) is 63.7 Å². The van der Waals surface area contributed by atoms with Gasteiger partial charge in [-0.05, 0) is 92.6 Å². The Morgan fingerprint density at radius 2 is 1.57 bits per heavy atom. The van der Waals surface area contributed by atoms with Crippen molar-refractivity contribution in [1.82, 2.24) is 0 Å². The molecule has 3 aromatic carbocycles. The highest BCUT2D eigenvalue weighted by molar-refractivity contribution is 7.93. The summed E-state index contributed by atoms with van der Waals surface area (Å²) in [4.78, 5) is 13.4. The van der Waals surface area contributed by atoms with Crippen LogP contribution in [0.15, 0.2) is 71.6 Å². The molecular formula is C23H22ClNO4S. The third-order valence-corrected chi connectivity index (χ3v) is 6.65. The maximum absolute atomic E-state index is 13.5. The van der Waals surface area contributed by atoms with Gasteiger partial charge in [0.2, 0.25) is 0 Å². The van der Waals surface area contributed by atoms with Crippen molar-refractivity contribution < 1.29 is 17.9 Å². The van der Waals surface area contributed by atoms with Gasteiger partial charge in [-0.3, -0.25) is 4.79 Å². The van der Waals surface area contributed by atoms with E-state index in [1.165, 1.54) is 24.3 Å². The molecule has 0 saturated heterocycles. The van der Waals surface area contributed by atoms with Crippen LogP contribution in [-0.4, -0.2) is 20.9 Å². The summed E-state index contributed by atoms with van der Waals surface area (Å²) >= 11 is 5.91. The second-order valence-electron chi connectivity index (χ2n) is 6.75. The van der Waals surface area contributed by atoms with Gasteiger partial charge in [-0.25, -0.2) is 8.42 Å². The zero-order valence-corrected chi connectivity index (χ0v) is 18.5. The predicted octanol–water partition coefficient (Wildman–Crippen LogP) is 5.39. The highest BCUT2D eigenvalue weighted by Gasteiger charge is 2.32. The Balaban J connectivity index is 2.13. The van der Waals surface area contributed by atoms with Gasteiger partial charge in [0.1, 0.15) is 5.75 Å². The average molecular weight is 444 g/mol. The van der Waals surface area contributed by atoms with Crippen LogP contribution in [0.4, 0.5) is 5.69 Å². The molecule has 30 heavy (non-hydrogen) atoms. The van der Waals surface area contributed by atoms with E-state index in [4.69, 9.17) is 16.3 Å². The summed E-state index contributed by atoms with van der Waals surface area (Å²) < 4.78 is 33.2. The average Bonchev–Trinajstić information content (AvgIpc) is 2.72. The number of amides is 1. The van der Waals surface area contributed by atoms with E-state index in [-0.39, 0.29) is 16.1 Å². The van der Waals surface area contributed by atoms with Gasteiger partial charge in [0, 0.05) is 10.6 Å². The van der Waals surface area contributed by atoms with E-state index in [9.17, 15) is 13.2 Å². The van der Waals surface area contributed by atoms with E-state index in [0.717, 1.165) is 15.4 Å². The predicted molar refractivity (Wildman–Crippen MR) is 119 cm³/mol. The van der Waals surface area contributed by atoms with Crippen LogP contribution >= 0.6 is 11.6 Å². The molecule has 156 valence electrons. The number of rotatable bonds is 6. The largest absolute Gasteiger partial charge is 0.494 e. The minimum Gasteiger partial charge on any atom is -0.494 e. The summed E-state index contributed by atoms with van der Waals surface area (Å²) in [5.41, 5.74) is 2.41. The Bertz CT molecular complexity index is 1160. The molecule has 0 heterocycles. The van der Waals surface area contributed by atoms with Crippen LogP contribution in [0.1, 0.15) is 28.4 Å². The fraction of sp³-hybridized carbons (Fsp3) is 0.174. The van der Waals surface area contributed by atoms with Crippen LogP contribution in [0, 0.1) is 13.8 Å². The lowest BCUT2D eigenvalue weighted by atomic mass is 10.1. The summed E-state index contributed by atoms with van der Waals surface area (Å²) in [6, 6.07) is 17.2. The van der Waals surface area contributed by atoms with Crippen LogP contribution in [0.25, 0.3) is 0 Å². The Morgan fingerprint density at radius 3 is 2.13 bits per heavy atom. The number of aryl methyl sites for hydroxylation is 2. The number of benzene rings is 3. The molecule has 3 aromatic rings. The molecule has 0 aromatic heterocycles. The number of carbonyl (C=O) groups excluding carboxylic acids is 1. The van der Waals surface area contributed by atoms with Crippen molar-refractivity contribution >= 4 is 33.2 Å². The van der Waals surface area contributed by atoms with Gasteiger partial charge in [0.25, 0.3) is 15.9 Å². The van der Waals surface area contributed by atoms with Crippen LogP contribution in [0.5, 0.6) is 5.75 Å². The molecule has 7 heteroatoms. The maximum Gasteiger partial charge on any atom is 0.272 e. The van der Waals surface area contributed by atoms with Crippen molar-refractivity contribution in [1.29, 1.82) is 0 Å². The molecule has 0 spiro atoms. The third-order valence-electron chi connectivity index (χ3n) is 4.67. The van der Waals surface area contributed by atoms with E-state index in [1.54, 1.807) is 42.5 Å². The Morgan fingerprint density at radius 1 is 0.933 bits per heavy atom. The number of hydrogen-bond donors (Lipinski definition) is 0. The summed E-state index contributed by atoms with van der Waals surface area (Å²) in [5.74, 6) is -0.0547. The number of halogens is 1. The number of nitrogens with zero attached hydrogens (tertiary/aromatic N) is 1. The minimum absolute atomic E-state index is 0.0297. The monoisotopic (exact) mass is 443 g/mol. The molecule has 1 amide bonds. The van der Waals surface area contributed by atoms with Crippen LogP contribution in [0.2, 0.25) is 5.02 Å².